The second kappa shape index (κ2) is 4.73. The molecule has 0 bridgehead atoms. The summed E-state index contributed by atoms with van der Waals surface area (Å²) in [7, 11) is 0. The molecule has 11 heavy (non-hydrogen) atoms. The van der Waals surface area contributed by atoms with Crippen LogP contribution in [0.3, 0.4) is 0 Å². The number of hydrogen-bond donors (Lipinski definition) is 0. The van der Waals surface area contributed by atoms with Crippen molar-refractivity contribution < 1.29 is 64.3 Å². The minimum absolute atomic E-state index is 0. The largest absolute Gasteiger partial charge is 1.00 e. The molecule has 1 rings (SSSR count). The van der Waals surface area contributed by atoms with Crippen LogP contribution < -0.4 is 56.3 Å². The molecule has 0 radical (unpaired) electrons. The molecule has 1 aromatic rings. The minimum atomic E-state index is -4.91. The summed E-state index contributed by atoms with van der Waals surface area (Å²) < 4.78 is 35.6. The van der Waals surface area contributed by atoms with E-state index in [0.29, 0.717) is 11.3 Å². The SMILES string of the molecule is F[B-](F)(F)c1nc(Br)cs1.[K+]. The van der Waals surface area contributed by atoms with Crippen LogP contribution in [-0.2, 0) is 0 Å². The molecule has 0 aliphatic rings. The van der Waals surface area contributed by atoms with Crippen LogP contribution in [0.5, 0.6) is 0 Å². The Hall–Kier alpha value is 1.60. The number of thiazole rings is 1. The maximum Gasteiger partial charge on any atom is 1.00 e. The van der Waals surface area contributed by atoms with Gasteiger partial charge < -0.3 is 12.9 Å². The van der Waals surface area contributed by atoms with Crippen LogP contribution in [-0.4, -0.2) is 12.0 Å². The van der Waals surface area contributed by atoms with Crippen LogP contribution in [0.15, 0.2) is 9.98 Å². The van der Waals surface area contributed by atoms with Gasteiger partial charge in [-0.1, -0.05) is 0 Å². The molecule has 0 amide bonds. The van der Waals surface area contributed by atoms with Crippen molar-refractivity contribution in [2.75, 3.05) is 0 Å². The minimum Gasteiger partial charge on any atom is -0.443 e. The van der Waals surface area contributed by atoms with Gasteiger partial charge in [0, 0.05) is 10.3 Å². The first kappa shape index (κ1) is 12.6. The van der Waals surface area contributed by atoms with Gasteiger partial charge in [-0.2, -0.15) is 11.3 Å². The zero-order chi connectivity index (χ0) is 7.78. The quantitative estimate of drug-likeness (QED) is 0.594. The van der Waals surface area contributed by atoms with Crippen LogP contribution in [0, 0.1) is 0 Å². The van der Waals surface area contributed by atoms with Gasteiger partial charge in [-0.3, -0.25) is 4.98 Å². The van der Waals surface area contributed by atoms with Crippen molar-refractivity contribution in [3.8, 4) is 0 Å². The van der Waals surface area contributed by atoms with E-state index < -0.39 is 11.9 Å². The van der Waals surface area contributed by atoms with E-state index in [-0.39, 0.29) is 56.0 Å². The fourth-order valence-electron chi connectivity index (χ4n) is 0.417. The van der Waals surface area contributed by atoms with Crippen molar-refractivity contribution in [2.45, 2.75) is 0 Å². The van der Waals surface area contributed by atoms with Crippen LogP contribution in [0.4, 0.5) is 12.9 Å². The Morgan fingerprint density at radius 3 is 2.18 bits per heavy atom. The predicted octanol–water partition coefficient (Wildman–Crippen LogP) is -1.04. The van der Waals surface area contributed by atoms with E-state index in [1.807, 2.05) is 0 Å². The maximum absolute atomic E-state index is 11.8. The van der Waals surface area contributed by atoms with E-state index in [1.54, 1.807) is 0 Å². The van der Waals surface area contributed by atoms with Crippen LogP contribution in [0.25, 0.3) is 0 Å². The molecule has 1 aromatic heterocycles. The normalized spacial score (nSPS) is 10.9. The Morgan fingerprint density at radius 1 is 1.45 bits per heavy atom. The summed E-state index contributed by atoms with van der Waals surface area (Å²) in [6.07, 6.45) is 0. The van der Waals surface area contributed by atoms with Gasteiger partial charge in [-0.15, -0.1) is 0 Å². The third-order valence-electron chi connectivity index (χ3n) is 0.774. The standard InChI is InChI=1S/C3HBBrF3NS.K/c5-2-1-10-3(9-2)4(6,7)8;/h1H;/q-1;+1. The van der Waals surface area contributed by atoms with Crippen molar-refractivity contribution in [3.05, 3.63) is 9.98 Å². The van der Waals surface area contributed by atoms with Gasteiger partial charge in [0.15, 0.2) is 0 Å². The first-order valence-electron chi connectivity index (χ1n) is 2.31. The Bertz CT molecular complexity index is 239. The van der Waals surface area contributed by atoms with Gasteiger partial charge in [0.2, 0.25) is 0 Å². The second-order valence-corrected chi connectivity index (χ2v) is 3.29. The zero-order valence-corrected chi connectivity index (χ0v) is 11.0. The van der Waals surface area contributed by atoms with Crippen molar-refractivity contribution in [1.82, 2.24) is 4.98 Å². The van der Waals surface area contributed by atoms with E-state index >= 15 is 0 Å². The van der Waals surface area contributed by atoms with Crippen molar-refractivity contribution in [1.29, 1.82) is 0 Å². The number of hydrogen-bond acceptors (Lipinski definition) is 2. The van der Waals surface area contributed by atoms with Gasteiger partial charge >= 0.3 is 58.4 Å². The number of halogens is 4. The average Bonchev–Trinajstić information content (AvgIpc) is 2.11. The molecule has 56 valence electrons. The fourth-order valence-corrected chi connectivity index (χ4v) is 1.58. The van der Waals surface area contributed by atoms with E-state index in [2.05, 4.69) is 20.9 Å². The molecule has 0 aliphatic heterocycles. The molecule has 0 spiro atoms. The number of nitrogens with zero attached hydrogens (tertiary/aromatic N) is 1. The Morgan fingerprint density at radius 2 is 2.00 bits per heavy atom. The molecule has 0 atom stereocenters. The Labute approximate surface area is 116 Å². The molecule has 0 N–H and O–H groups in total. The Balaban J connectivity index is 0.000001000. The Kier molecular flexibility index (Phi) is 5.42. The van der Waals surface area contributed by atoms with Gasteiger partial charge in [-0.25, -0.2) is 0 Å². The first-order valence-corrected chi connectivity index (χ1v) is 3.98. The third-order valence-corrected chi connectivity index (χ3v) is 2.42. The molecular weight excluding hydrogens is 269 g/mol. The van der Waals surface area contributed by atoms with Crippen molar-refractivity contribution in [3.63, 3.8) is 0 Å². The first-order chi connectivity index (χ1) is 4.50. The van der Waals surface area contributed by atoms with Crippen LogP contribution in [0.1, 0.15) is 0 Å². The third kappa shape index (κ3) is 3.88. The monoisotopic (exact) mass is 269 g/mol. The molecule has 0 aromatic carbocycles. The van der Waals surface area contributed by atoms with E-state index in [4.69, 9.17) is 0 Å². The maximum atomic E-state index is 11.8. The van der Waals surface area contributed by atoms with E-state index in [0.717, 1.165) is 0 Å². The number of aromatic nitrogens is 1. The van der Waals surface area contributed by atoms with E-state index in [1.165, 1.54) is 5.38 Å². The molecule has 0 saturated heterocycles. The summed E-state index contributed by atoms with van der Waals surface area (Å²) in [5.41, 5.74) is 0. The van der Waals surface area contributed by atoms with Gasteiger partial charge in [0.1, 0.15) is 4.60 Å². The molecular formula is C3HBBrF3KNS. The fraction of sp³-hybridized carbons (Fsp3) is 0. The summed E-state index contributed by atoms with van der Waals surface area (Å²) >= 11 is 3.44. The van der Waals surface area contributed by atoms with Crippen LogP contribution >= 0.6 is 27.3 Å². The summed E-state index contributed by atoms with van der Waals surface area (Å²) in [5.74, 6) is 0. The van der Waals surface area contributed by atoms with Gasteiger partial charge in [0.05, 0.1) is 0 Å². The predicted molar refractivity (Wildman–Crippen MR) is 38.5 cm³/mol. The molecule has 0 saturated carbocycles. The van der Waals surface area contributed by atoms with Gasteiger partial charge in [0.25, 0.3) is 0 Å². The molecule has 0 fully saturated rings. The zero-order valence-electron chi connectivity index (χ0n) is 5.52. The molecule has 1 nitrogen and oxygen atoms in total. The number of rotatable bonds is 1. The van der Waals surface area contributed by atoms with E-state index in [9.17, 15) is 12.9 Å². The van der Waals surface area contributed by atoms with Crippen molar-refractivity contribution >= 4 is 39.2 Å². The van der Waals surface area contributed by atoms with Gasteiger partial charge in [-0.05, 0) is 15.9 Å². The smallest absolute Gasteiger partial charge is 0.443 e. The summed E-state index contributed by atoms with van der Waals surface area (Å²) in [5, 5.41) is 1.31. The summed E-state index contributed by atoms with van der Waals surface area (Å²) in [6.45, 7) is -4.91. The summed E-state index contributed by atoms with van der Waals surface area (Å²) in [6, 6.07) is 0. The van der Waals surface area contributed by atoms with Crippen molar-refractivity contribution in [2.24, 2.45) is 0 Å². The average molecular weight is 270 g/mol. The van der Waals surface area contributed by atoms with Crippen LogP contribution in [0.2, 0.25) is 0 Å². The summed E-state index contributed by atoms with van der Waals surface area (Å²) in [4.78, 5) is 2.46. The molecule has 8 heteroatoms. The molecule has 0 aliphatic carbocycles. The molecule has 0 unspecified atom stereocenters. The second-order valence-electron chi connectivity index (χ2n) is 1.58. The molecule has 1 heterocycles. The topological polar surface area (TPSA) is 12.9 Å².